The third-order valence-electron chi connectivity index (χ3n) is 3.32. The maximum Gasteiger partial charge on any atom is 0.338 e. The Kier molecular flexibility index (Phi) is 4.25. The lowest BCUT2D eigenvalue weighted by atomic mass is 10.0. The molecule has 1 heterocycles. The van der Waals surface area contributed by atoms with Crippen LogP contribution in [0.25, 0.3) is 0 Å². The lowest BCUT2D eigenvalue weighted by Gasteiger charge is -2.09. The van der Waals surface area contributed by atoms with Gasteiger partial charge in [-0.25, -0.2) is 4.79 Å². The molecule has 1 aliphatic heterocycles. The van der Waals surface area contributed by atoms with Crippen molar-refractivity contribution in [3.05, 3.63) is 35.4 Å². The molecule has 0 N–H and O–H groups in total. The lowest BCUT2D eigenvalue weighted by Crippen LogP contribution is -2.18. The summed E-state index contributed by atoms with van der Waals surface area (Å²) in [6.45, 7) is 7.36. The number of hydrogen-bond acceptors (Lipinski definition) is 3. The van der Waals surface area contributed by atoms with Gasteiger partial charge in [0, 0.05) is 0 Å². The summed E-state index contributed by atoms with van der Waals surface area (Å²) in [6.07, 6.45) is 2.13. The predicted molar refractivity (Wildman–Crippen MR) is 74.2 cm³/mol. The number of ether oxygens (including phenoxy) is 2. The van der Waals surface area contributed by atoms with E-state index in [2.05, 4.69) is 19.9 Å². The van der Waals surface area contributed by atoms with Gasteiger partial charge in [-0.05, 0) is 43.4 Å². The summed E-state index contributed by atoms with van der Waals surface area (Å²) in [4.78, 5) is 11.9. The Morgan fingerprint density at radius 3 is 2.84 bits per heavy atom. The molecule has 1 aliphatic rings. The van der Waals surface area contributed by atoms with Crippen LogP contribution in [0.5, 0.6) is 0 Å². The summed E-state index contributed by atoms with van der Waals surface area (Å²) in [6, 6.07) is 7.71. The van der Waals surface area contributed by atoms with Crippen molar-refractivity contribution >= 4 is 5.97 Å². The van der Waals surface area contributed by atoms with Crippen LogP contribution in [-0.2, 0) is 15.9 Å². The average Bonchev–Trinajstić information content (AvgIpc) is 3.12. The topological polar surface area (TPSA) is 38.8 Å². The largest absolute Gasteiger partial charge is 0.459 e. The van der Waals surface area contributed by atoms with Gasteiger partial charge in [0.25, 0.3) is 0 Å². The Labute approximate surface area is 114 Å². The Hall–Kier alpha value is -1.35. The highest BCUT2D eigenvalue weighted by atomic mass is 16.6. The van der Waals surface area contributed by atoms with E-state index in [9.17, 15) is 4.79 Å². The van der Waals surface area contributed by atoms with Gasteiger partial charge >= 0.3 is 5.97 Å². The SMILES string of the molecule is CC(C)CCc1cccc(C(=O)OCC2(C)CO2)c1. The van der Waals surface area contributed by atoms with Gasteiger partial charge in [0.05, 0.1) is 12.2 Å². The number of benzene rings is 1. The Morgan fingerprint density at radius 1 is 1.47 bits per heavy atom. The van der Waals surface area contributed by atoms with Gasteiger partial charge in [-0.3, -0.25) is 0 Å². The highest BCUT2D eigenvalue weighted by Crippen LogP contribution is 2.26. The summed E-state index contributed by atoms with van der Waals surface area (Å²) < 4.78 is 10.5. The molecule has 0 bridgehead atoms. The van der Waals surface area contributed by atoms with Crippen LogP contribution in [0.3, 0.4) is 0 Å². The first-order chi connectivity index (χ1) is 8.98. The summed E-state index contributed by atoms with van der Waals surface area (Å²) in [5.74, 6) is 0.408. The van der Waals surface area contributed by atoms with Crippen molar-refractivity contribution in [1.82, 2.24) is 0 Å². The van der Waals surface area contributed by atoms with Crippen molar-refractivity contribution in [1.29, 1.82) is 0 Å². The predicted octanol–water partition coefficient (Wildman–Crippen LogP) is 3.22. The van der Waals surface area contributed by atoms with Crippen molar-refractivity contribution in [2.45, 2.75) is 39.2 Å². The van der Waals surface area contributed by atoms with Crippen LogP contribution in [0.15, 0.2) is 24.3 Å². The molecule has 0 aliphatic carbocycles. The average molecular weight is 262 g/mol. The molecule has 0 radical (unpaired) electrons. The quantitative estimate of drug-likeness (QED) is 0.583. The third-order valence-corrected chi connectivity index (χ3v) is 3.32. The molecule has 1 fully saturated rings. The van der Waals surface area contributed by atoms with E-state index >= 15 is 0 Å². The molecule has 1 unspecified atom stereocenters. The minimum atomic E-state index is -0.261. The number of rotatable bonds is 6. The Morgan fingerprint density at radius 2 is 2.21 bits per heavy atom. The van der Waals surface area contributed by atoms with Crippen molar-refractivity contribution in [2.24, 2.45) is 5.92 Å². The van der Waals surface area contributed by atoms with E-state index in [-0.39, 0.29) is 11.6 Å². The molecule has 19 heavy (non-hydrogen) atoms. The van der Waals surface area contributed by atoms with Crippen molar-refractivity contribution in [3.63, 3.8) is 0 Å². The first-order valence-corrected chi connectivity index (χ1v) is 6.88. The second-order valence-electron chi connectivity index (χ2n) is 5.95. The third kappa shape index (κ3) is 4.35. The van der Waals surface area contributed by atoms with Crippen LogP contribution in [-0.4, -0.2) is 24.8 Å². The van der Waals surface area contributed by atoms with E-state index in [0.717, 1.165) is 12.8 Å². The summed E-state index contributed by atoms with van der Waals surface area (Å²) in [5, 5.41) is 0. The first-order valence-electron chi connectivity index (χ1n) is 6.88. The van der Waals surface area contributed by atoms with E-state index in [1.165, 1.54) is 5.56 Å². The summed E-state index contributed by atoms with van der Waals surface area (Å²) in [5.41, 5.74) is 1.58. The maximum absolute atomic E-state index is 11.9. The van der Waals surface area contributed by atoms with Gasteiger partial charge in [0.15, 0.2) is 0 Å². The molecule has 0 amide bonds. The molecule has 0 spiro atoms. The molecule has 1 aromatic rings. The van der Waals surface area contributed by atoms with Crippen LogP contribution in [0.2, 0.25) is 0 Å². The number of aryl methyl sites for hydroxylation is 1. The number of carbonyl (C=O) groups excluding carboxylic acids is 1. The number of carbonyl (C=O) groups is 1. The molecule has 2 rings (SSSR count). The molecular weight excluding hydrogens is 240 g/mol. The molecule has 0 aromatic heterocycles. The fraction of sp³-hybridized carbons (Fsp3) is 0.562. The normalized spacial score (nSPS) is 21.5. The minimum Gasteiger partial charge on any atom is -0.459 e. The monoisotopic (exact) mass is 262 g/mol. The van der Waals surface area contributed by atoms with E-state index in [1.54, 1.807) is 6.07 Å². The summed E-state index contributed by atoms with van der Waals surface area (Å²) >= 11 is 0. The van der Waals surface area contributed by atoms with Crippen molar-refractivity contribution in [3.8, 4) is 0 Å². The molecule has 3 nitrogen and oxygen atoms in total. The fourth-order valence-electron chi connectivity index (χ4n) is 1.82. The first kappa shape index (κ1) is 14.1. The fourth-order valence-corrected chi connectivity index (χ4v) is 1.82. The van der Waals surface area contributed by atoms with Gasteiger partial charge in [0.2, 0.25) is 0 Å². The van der Waals surface area contributed by atoms with Crippen LogP contribution < -0.4 is 0 Å². The zero-order chi connectivity index (χ0) is 13.9. The Balaban J connectivity index is 1.91. The van der Waals surface area contributed by atoms with Crippen LogP contribution >= 0.6 is 0 Å². The van der Waals surface area contributed by atoms with Gasteiger partial charge in [-0.15, -0.1) is 0 Å². The van der Waals surface area contributed by atoms with Gasteiger partial charge < -0.3 is 9.47 Å². The highest BCUT2D eigenvalue weighted by Gasteiger charge is 2.40. The van der Waals surface area contributed by atoms with Gasteiger partial charge in [0.1, 0.15) is 12.2 Å². The number of esters is 1. The van der Waals surface area contributed by atoms with Crippen LogP contribution in [0, 0.1) is 5.92 Å². The molecule has 0 saturated carbocycles. The van der Waals surface area contributed by atoms with Crippen LogP contribution in [0.1, 0.15) is 43.1 Å². The second-order valence-corrected chi connectivity index (χ2v) is 5.95. The summed E-state index contributed by atoms with van der Waals surface area (Å²) in [7, 11) is 0. The molecule has 1 atom stereocenters. The Bertz CT molecular complexity index is 447. The second kappa shape index (κ2) is 5.74. The molecular formula is C16H22O3. The van der Waals surface area contributed by atoms with Crippen LogP contribution in [0.4, 0.5) is 0 Å². The molecule has 3 heteroatoms. The molecule has 1 saturated heterocycles. The highest BCUT2D eigenvalue weighted by molar-refractivity contribution is 5.89. The zero-order valence-electron chi connectivity index (χ0n) is 11.9. The standard InChI is InChI=1S/C16H22O3/c1-12(2)7-8-13-5-4-6-14(9-13)15(17)18-10-16(3)11-19-16/h4-6,9,12H,7-8,10-11H2,1-3H3. The van der Waals surface area contributed by atoms with E-state index in [4.69, 9.17) is 9.47 Å². The van der Waals surface area contributed by atoms with E-state index < -0.39 is 0 Å². The van der Waals surface area contributed by atoms with E-state index in [0.29, 0.717) is 24.7 Å². The van der Waals surface area contributed by atoms with Gasteiger partial charge in [-0.1, -0.05) is 26.0 Å². The molecule has 104 valence electrons. The lowest BCUT2D eigenvalue weighted by molar-refractivity contribution is 0.0411. The number of hydrogen-bond donors (Lipinski definition) is 0. The van der Waals surface area contributed by atoms with Crippen molar-refractivity contribution < 1.29 is 14.3 Å². The zero-order valence-corrected chi connectivity index (χ0v) is 11.9. The minimum absolute atomic E-state index is 0.245. The van der Waals surface area contributed by atoms with Gasteiger partial charge in [-0.2, -0.15) is 0 Å². The number of epoxide rings is 1. The van der Waals surface area contributed by atoms with E-state index in [1.807, 2.05) is 19.1 Å². The molecule has 1 aromatic carbocycles. The smallest absolute Gasteiger partial charge is 0.338 e. The maximum atomic E-state index is 11.9. The van der Waals surface area contributed by atoms with Crippen molar-refractivity contribution in [2.75, 3.05) is 13.2 Å².